The van der Waals surface area contributed by atoms with Crippen LogP contribution in [0.2, 0.25) is 0 Å². The van der Waals surface area contributed by atoms with Crippen molar-refractivity contribution in [2.24, 2.45) is 0 Å². The summed E-state index contributed by atoms with van der Waals surface area (Å²) in [5.74, 6) is 1.38. The SMILES string of the molecule is COc1ccc(C2SCC(=O)N2c2ccc(F)cc2)c(OC)c1. The molecule has 0 aromatic heterocycles. The van der Waals surface area contributed by atoms with Crippen molar-refractivity contribution in [2.75, 3.05) is 24.9 Å². The van der Waals surface area contributed by atoms with Crippen LogP contribution < -0.4 is 14.4 Å². The number of halogens is 1. The van der Waals surface area contributed by atoms with Crippen LogP contribution in [0.1, 0.15) is 10.9 Å². The van der Waals surface area contributed by atoms with Gasteiger partial charge in [0.1, 0.15) is 22.7 Å². The fraction of sp³-hybridized carbons (Fsp3) is 0.235. The molecular weight excluding hydrogens is 317 g/mol. The summed E-state index contributed by atoms with van der Waals surface area (Å²) in [4.78, 5) is 14.0. The number of hydrogen-bond donors (Lipinski definition) is 0. The summed E-state index contributed by atoms with van der Waals surface area (Å²) in [6.45, 7) is 0. The number of thioether (sulfide) groups is 1. The molecule has 0 spiro atoms. The van der Waals surface area contributed by atoms with Crippen LogP contribution in [0.15, 0.2) is 42.5 Å². The molecule has 0 saturated carbocycles. The highest BCUT2D eigenvalue weighted by Crippen LogP contribution is 2.45. The number of methoxy groups -OCH3 is 2. The van der Waals surface area contributed by atoms with Crippen molar-refractivity contribution in [3.05, 3.63) is 53.8 Å². The number of nitrogens with zero attached hydrogens (tertiary/aromatic N) is 1. The number of hydrogen-bond acceptors (Lipinski definition) is 4. The van der Waals surface area contributed by atoms with Crippen LogP contribution in [-0.4, -0.2) is 25.9 Å². The zero-order chi connectivity index (χ0) is 16.4. The Morgan fingerprint density at radius 2 is 1.87 bits per heavy atom. The molecule has 1 aliphatic rings. The molecule has 0 radical (unpaired) electrons. The van der Waals surface area contributed by atoms with Gasteiger partial charge in [0.25, 0.3) is 0 Å². The lowest BCUT2D eigenvalue weighted by molar-refractivity contribution is -0.115. The van der Waals surface area contributed by atoms with Crippen LogP contribution in [0.25, 0.3) is 0 Å². The van der Waals surface area contributed by atoms with Crippen LogP contribution >= 0.6 is 11.8 Å². The van der Waals surface area contributed by atoms with Gasteiger partial charge >= 0.3 is 0 Å². The third-order valence-electron chi connectivity index (χ3n) is 3.68. The first-order chi connectivity index (χ1) is 11.1. The standard InChI is InChI=1S/C17H16FNO3S/c1-21-13-7-8-14(15(9-13)22-2)17-19(16(20)10-23-17)12-5-3-11(18)4-6-12/h3-9,17H,10H2,1-2H3. The van der Waals surface area contributed by atoms with Gasteiger partial charge in [-0.3, -0.25) is 9.69 Å². The Morgan fingerprint density at radius 1 is 1.13 bits per heavy atom. The molecule has 2 aromatic rings. The van der Waals surface area contributed by atoms with E-state index in [2.05, 4.69) is 0 Å². The third kappa shape index (κ3) is 2.99. The van der Waals surface area contributed by atoms with Gasteiger partial charge in [0, 0.05) is 17.3 Å². The lowest BCUT2D eigenvalue weighted by Crippen LogP contribution is -2.28. The number of rotatable bonds is 4. The predicted octanol–water partition coefficient (Wildman–Crippen LogP) is 3.62. The van der Waals surface area contributed by atoms with Gasteiger partial charge in [-0.2, -0.15) is 0 Å². The van der Waals surface area contributed by atoms with Crippen molar-refractivity contribution >= 4 is 23.4 Å². The molecule has 2 aromatic carbocycles. The molecule has 0 bridgehead atoms. The molecule has 1 atom stereocenters. The van der Waals surface area contributed by atoms with Crippen LogP contribution in [0.4, 0.5) is 10.1 Å². The van der Waals surface area contributed by atoms with Gasteiger partial charge in [0.2, 0.25) is 5.91 Å². The van der Waals surface area contributed by atoms with Gasteiger partial charge in [0.15, 0.2) is 0 Å². The molecule has 1 unspecified atom stereocenters. The summed E-state index contributed by atoms with van der Waals surface area (Å²) >= 11 is 1.52. The van der Waals surface area contributed by atoms with E-state index in [9.17, 15) is 9.18 Å². The highest BCUT2D eigenvalue weighted by Gasteiger charge is 2.35. The molecule has 1 saturated heterocycles. The summed E-state index contributed by atoms with van der Waals surface area (Å²) in [7, 11) is 3.18. The molecule has 1 heterocycles. The maximum Gasteiger partial charge on any atom is 0.238 e. The Labute approximate surface area is 138 Å². The number of ether oxygens (including phenoxy) is 2. The van der Waals surface area contributed by atoms with E-state index in [1.165, 1.54) is 23.9 Å². The average molecular weight is 333 g/mol. The Morgan fingerprint density at radius 3 is 2.52 bits per heavy atom. The van der Waals surface area contributed by atoms with Crippen molar-refractivity contribution in [1.82, 2.24) is 0 Å². The fourth-order valence-electron chi connectivity index (χ4n) is 2.56. The average Bonchev–Trinajstić information content (AvgIpc) is 2.96. The van der Waals surface area contributed by atoms with Gasteiger partial charge < -0.3 is 9.47 Å². The minimum atomic E-state index is -0.327. The third-order valence-corrected chi connectivity index (χ3v) is 4.87. The second-order valence-electron chi connectivity index (χ2n) is 5.01. The van der Waals surface area contributed by atoms with Crippen LogP contribution in [0.3, 0.4) is 0 Å². The molecule has 0 aliphatic carbocycles. The Hall–Kier alpha value is -2.21. The maximum atomic E-state index is 13.2. The van der Waals surface area contributed by atoms with Crippen molar-refractivity contribution < 1.29 is 18.7 Å². The van der Waals surface area contributed by atoms with E-state index >= 15 is 0 Å². The van der Waals surface area contributed by atoms with Crippen LogP contribution in [-0.2, 0) is 4.79 Å². The first kappa shape index (κ1) is 15.7. The van der Waals surface area contributed by atoms with E-state index in [0.29, 0.717) is 22.9 Å². The molecule has 0 N–H and O–H groups in total. The summed E-state index contributed by atoms with van der Waals surface area (Å²) in [6, 6.07) is 11.5. The Kier molecular flexibility index (Phi) is 4.43. The zero-order valence-corrected chi connectivity index (χ0v) is 13.6. The molecular formula is C17H16FNO3S. The quantitative estimate of drug-likeness (QED) is 0.857. The topological polar surface area (TPSA) is 38.8 Å². The zero-order valence-electron chi connectivity index (χ0n) is 12.8. The summed E-state index contributed by atoms with van der Waals surface area (Å²) in [6.07, 6.45) is 0. The monoisotopic (exact) mass is 333 g/mol. The number of carbonyl (C=O) groups is 1. The highest BCUT2D eigenvalue weighted by molar-refractivity contribution is 8.00. The summed E-state index contributed by atoms with van der Waals surface area (Å²) in [5.41, 5.74) is 1.55. The number of benzene rings is 2. The largest absolute Gasteiger partial charge is 0.497 e. The molecule has 1 aliphatic heterocycles. The number of anilines is 1. The van der Waals surface area contributed by atoms with E-state index in [-0.39, 0.29) is 17.1 Å². The summed E-state index contributed by atoms with van der Waals surface area (Å²) < 4.78 is 23.8. The number of carbonyl (C=O) groups excluding carboxylic acids is 1. The first-order valence-electron chi connectivity index (χ1n) is 7.05. The van der Waals surface area contributed by atoms with Gasteiger partial charge in [-0.25, -0.2) is 4.39 Å². The van der Waals surface area contributed by atoms with E-state index in [1.54, 1.807) is 37.3 Å². The van der Waals surface area contributed by atoms with E-state index < -0.39 is 0 Å². The predicted molar refractivity (Wildman–Crippen MR) is 88.6 cm³/mol. The van der Waals surface area contributed by atoms with E-state index in [4.69, 9.17) is 9.47 Å². The van der Waals surface area contributed by atoms with E-state index in [1.807, 2.05) is 12.1 Å². The number of amides is 1. The van der Waals surface area contributed by atoms with E-state index in [0.717, 1.165) is 5.56 Å². The maximum absolute atomic E-state index is 13.2. The second-order valence-corrected chi connectivity index (χ2v) is 6.08. The Balaban J connectivity index is 2.01. The van der Waals surface area contributed by atoms with Crippen molar-refractivity contribution in [3.63, 3.8) is 0 Å². The highest BCUT2D eigenvalue weighted by atomic mass is 32.2. The minimum Gasteiger partial charge on any atom is -0.497 e. The van der Waals surface area contributed by atoms with Crippen LogP contribution in [0, 0.1) is 5.82 Å². The lowest BCUT2D eigenvalue weighted by Gasteiger charge is -2.25. The Bertz CT molecular complexity index is 720. The first-order valence-corrected chi connectivity index (χ1v) is 8.10. The van der Waals surface area contributed by atoms with Crippen molar-refractivity contribution in [3.8, 4) is 11.5 Å². The smallest absolute Gasteiger partial charge is 0.238 e. The van der Waals surface area contributed by atoms with Gasteiger partial charge in [-0.15, -0.1) is 11.8 Å². The van der Waals surface area contributed by atoms with Gasteiger partial charge in [-0.05, 0) is 36.4 Å². The minimum absolute atomic E-state index is 0.00974. The molecule has 23 heavy (non-hydrogen) atoms. The van der Waals surface area contributed by atoms with Gasteiger partial charge in [-0.1, -0.05) is 0 Å². The normalized spacial score (nSPS) is 17.4. The lowest BCUT2D eigenvalue weighted by atomic mass is 10.1. The fourth-order valence-corrected chi connectivity index (χ4v) is 3.76. The summed E-state index contributed by atoms with van der Waals surface area (Å²) in [5, 5.41) is -0.214. The molecule has 6 heteroatoms. The molecule has 4 nitrogen and oxygen atoms in total. The van der Waals surface area contributed by atoms with Gasteiger partial charge in [0.05, 0.1) is 20.0 Å². The molecule has 120 valence electrons. The van der Waals surface area contributed by atoms with Crippen LogP contribution in [0.5, 0.6) is 11.5 Å². The van der Waals surface area contributed by atoms with Crippen molar-refractivity contribution in [1.29, 1.82) is 0 Å². The molecule has 3 rings (SSSR count). The second kappa shape index (κ2) is 6.50. The molecule has 1 fully saturated rings. The molecule has 1 amide bonds. The van der Waals surface area contributed by atoms with Crippen molar-refractivity contribution in [2.45, 2.75) is 5.37 Å².